The Hall–Kier alpha value is -2.68. The molecule has 0 spiro atoms. The van der Waals surface area contributed by atoms with E-state index in [-0.39, 0.29) is 12.3 Å². The summed E-state index contributed by atoms with van der Waals surface area (Å²) in [5.74, 6) is 1.47. The van der Waals surface area contributed by atoms with Crippen LogP contribution in [0.25, 0.3) is 11.3 Å². The topological polar surface area (TPSA) is 80.9 Å². The van der Waals surface area contributed by atoms with E-state index in [1.807, 2.05) is 35.7 Å². The summed E-state index contributed by atoms with van der Waals surface area (Å²) in [4.78, 5) is 21.1. The average Bonchev–Trinajstić information content (AvgIpc) is 3.43. The highest BCUT2D eigenvalue weighted by molar-refractivity contribution is 8.00. The molecular weight excluding hydrogens is 440 g/mol. The van der Waals surface area contributed by atoms with Crippen LogP contribution in [0.3, 0.4) is 0 Å². The fourth-order valence-corrected chi connectivity index (χ4v) is 4.42. The van der Waals surface area contributed by atoms with Gasteiger partial charge < -0.3 is 9.84 Å². The number of nitrogens with one attached hydrogen (secondary N) is 1. The fraction of sp³-hybridized carbons (Fsp3) is 0.143. The van der Waals surface area contributed by atoms with E-state index in [0.717, 1.165) is 15.6 Å². The molecular formula is C21H17ClN4O2S2. The van der Waals surface area contributed by atoms with Gasteiger partial charge in [-0.25, -0.2) is 4.98 Å². The normalized spacial score (nSPS) is 10.8. The van der Waals surface area contributed by atoms with E-state index < -0.39 is 0 Å². The van der Waals surface area contributed by atoms with Gasteiger partial charge >= 0.3 is 0 Å². The van der Waals surface area contributed by atoms with Gasteiger partial charge in [-0.1, -0.05) is 58.9 Å². The number of hydrogen-bond acceptors (Lipinski definition) is 7. The molecule has 0 aliphatic carbocycles. The van der Waals surface area contributed by atoms with Crippen LogP contribution in [0, 0.1) is 0 Å². The fourth-order valence-electron chi connectivity index (χ4n) is 2.62. The molecule has 1 amide bonds. The number of thioether (sulfide) groups is 1. The van der Waals surface area contributed by atoms with Crippen LogP contribution in [0.4, 0.5) is 5.69 Å². The minimum Gasteiger partial charge on any atom is -0.339 e. The third-order valence-corrected chi connectivity index (χ3v) is 6.35. The van der Waals surface area contributed by atoms with Crippen LogP contribution in [0.5, 0.6) is 0 Å². The van der Waals surface area contributed by atoms with Crippen molar-refractivity contribution in [3.05, 3.63) is 76.7 Å². The molecule has 0 bridgehead atoms. The molecule has 6 nitrogen and oxygen atoms in total. The Morgan fingerprint density at radius 3 is 2.70 bits per heavy atom. The molecule has 4 rings (SSSR count). The number of aromatic nitrogens is 3. The van der Waals surface area contributed by atoms with Gasteiger partial charge in [0.2, 0.25) is 11.8 Å². The summed E-state index contributed by atoms with van der Waals surface area (Å²) in [5, 5.41) is 9.47. The van der Waals surface area contributed by atoms with Crippen molar-refractivity contribution in [2.45, 2.75) is 22.9 Å². The van der Waals surface area contributed by atoms with E-state index in [2.05, 4.69) is 20.4 Å². The lowest BCUT2D eigenvalue weighted by Crippen LogP contribution is -2.12. The van der Waals surface area contributed by atoms with Crippen LogP contribution in [0.2, 0.25) is 5.02 Å². The Morgan fingerprint density at radius 1 is 1.10 bits per heavy atom. The number of anilines is 1. The number of benzene rings is 2. The second-order valence-corrected chi connectivity index (χ2v) is 8.83. The van der Waals surface area contributed by atoms with Crippen molar-refractivity contribution in [3.63, 3.8) is 0 Å². The molecule has 2 aromatic heterocycles. The quantitative estimate of drug-likeness (QED) is 0.342. The highest BCUT2D eigenvalue weighted by atomic mass is 35.5. The molecule has 152 valence electrons. The first kappa shape index (κ1) is 20.6. The molecule has 0 unspecified atom stereocenters. The molecule has 30 heavy (non-hydrogen) atoms. The van der Waals surface area contributed by atoms with Crippen LogP contribution in [-0.2, 0) is 17.0 Å². The van der Waals surface area contributed by atoms with Gasteiger partial charge in [0.25, 0.3) is 0 Å². The van der Waals surface area contributed by atoms with E-state index in [4.69, 9.17) is 16.1 Å². The zero-order valence-electron chi connectivity index (χ0n) is 15.7. The van der Waals surface area contributed by atoms with Gasteiger partial charge in [0.15, 0.2) is 10.2 Å². The standard InChI is InChI=1S/C21H17ClN4O2S2/c22-15-6-8-16(9-7-15)23-19(27)10-11-20-25-18(26-28-20)13-30-21-24-17(12-29-21)14-4-2-1-3-5-14/h1-9,12H,10-11,13H2,(H,23,27). The van der Waals surface area contributed by atoms with Gasteiger partial charge in [0.1, 0.15) is 0 Å². The third-order valence-electron chi connectivity index (χ3n) is 4.08. The molecule has 9 heteroatoms. The number of amides is 1. The minimum atomic E-state index is -0.123. The first-order chi connectivity index (χ1) is 14.7. The highest BCUT2D eigenvalue weighted by Gasteiger charge is 2.11. The zero-order chi connectivity index (χ0) is 20.8. The maximum Gasteiger partial charge on any atom is 0.227 e. The molecule has 1 N–H and O–H groups in total. The summed E-state index contributed by atoms with van der Waals surface area (Å²) < 4.78 is 6.20. The number of carbonyl (C=O) groups excluding carboxylic acids is 1. The van der Waals surface area contributed by atoms with E-state index in [1.54, 1.807) is 47.4 Å². The zero-order valence-corrected chi connectivity index (χ0v) is 18.1. The number of nitrogens with zero attached hydrogens (tertiary/aromatic N) is 3. The van der Waals surface area contributed by atoms with Crippen LogP contribution in [0.15, 0.2) is 68.8 Å². The number of aryl methyl sites for hydroxylation is 1. The minimum absolute atomic E-state index is 0.123. The van der Waals surface area contributed by atoms with Crippen molar-refractivity contribution >= 4 is 46.3 Å². The molecule has 0 saturated carbocycles. The van der Waals surface area contributed by atoms with E-state index >= 15 is 0 Å². The molecule has 0 atom stereocenters. The maximum atomic E-state index is 12.1. The van der Waals surface area contributed by atoms with Crippen LogP contribution in [-0.4, -0.2) is 21.0 Å². The first-order valence-electron chi connectivity index (χ1n) is 9.16. The molecule has 0 aliphatic rings. The first-order valence-corrected chi connectivity index (χ1v) is 11.4. The summed E-state index contributed by atoms with van der Waals surface area (Å²) in [6, 6.07) is 17.0. The summed E-state index contributed by atoms with van der Waals surface area (Å²) in [6.45, 7) is 0. The number of carbonyl (C=O) groups is 1. The average molecular weight is 457 g/mol. The van der Waals surface area contributed by atoms with Crippen LogP contribution >= 0.6 is 34.7 Å². The Balaban J connectivity index is 1.25. The monoisotopic (exact) mass is 456 g/mol. The van der Waals surface area contributed by atoms with Gasteiger partial charge in [-0.2, -0.15) is 4.98 Å². The number of halogens is 1. The Labute approximate surface area is 186 Å². The maximum absolute atomic E-state index is 12.1. The molecule has 2 heterocycles. The predicted molar refractivity (Wildman–Crippen MR) is 120 cm³/mol. The molecule has 4 aromatic rings. The van der Waals surface area contributed by atoms with Crippen molar-refractivity contribution in [1.82, 2.24) is 15.1 Å². The van der Waals surface area contributed by atoms with Gasteiger partial charge in [0.05, 0.1) is 11.4 Å². The van der Waals surface area contributed by atoms with Crippen LogP contribution < -0.4 is 5.32 Å². The summed E-state index contributed by atoms with van der Waals surface area (Å²) >= 11 is 8.99. The van der Waals surface area contributed by atoms with Crippen LogP contribution in [0.1, 0.15) is 18.1 Å². The van der Waals surface area contributed by atoms with E-state index in [9.17, 15) is 4.79 Å². The van der Waals surface area contributed by atoms with Gasteiger partial charge in [-0.15, -0.1) is 11.3 Å². The molecule has 2 aromatic carbocycles. The van der Waals surface area contributed by atoms with E-state index in [0.29, 0.717) is 34.6 Å². The van der Waals surface area contributed by atoms with Crippen molar-refractivity contribution in [1.29, 1.82) is 0 Å². The number of thiazole rings is 1. The lowest BCUT2D eigenvalue weighted by molar-refractivity contribution is -0.116. The Kier molecular flexibility index (Phi) is 6.78. The van der Waals surface area contributed by atoms with Gasteiger partial charge in [0, 0.05) is 34.5 Å². The second kappa shape index (κ2) is 9.88. The van der Waals surface area contributed by atoms with Gasteiger partial charge in [-0.3, -0.25) is 4.79 Å². The lowest BCUT2D eigenvalue weighted by atomic mass is 10.2. The van der Waals surface area contributed by atoms with Crippen molar-refractivity contribution in [2.75, 3.05) is 5.32 Å². The van der Waals surface area contributed by atoms with E-state index in [1.165, 1.54) is 0 Å². The Morgan fingerprint density at radius 2 is 1.90 bits per heavy atom. The van der Waals surface area contributed by atoms with Crippen molar-refractivity contribution in [2.24, 2.45) is 0 Å². The SMILES string of the molecule is O=C(CCc1nc(CSc2nc(-c3ccccc3)cs2)no1)Nc1ccc(Cl)cc1. The third kappa shape index (κ3) is 5.69. The number of rotatable bonds is 8. The molecule has 0 fully saturated rings. The summed E-state index contributed by atoms with van der Waals surface area (Å²) in [5.41, 5.74) is 2.76. The molecule has 0 radical (unpaired) electrons. The molecule has 0 saturated heterocycles. The van der Waals surface area contributed by atoms with Crippen molar-refractivity contribution in [3.8, 4) is 11.3 Å². The summed E-state index contributed by atoms with van der Waals surface area (Å²) in [7, 11) is 0. The predicted octanol–water partition coefficient (Wildman–Crippen LogP) is 5.71. The Bertz CT molecular complexity index is 1110. The summed E-state index contributed by atoms with van der Waals surface area (Å²) in [6.07, 6.45) is 0.636. The largest absolute Gasteiger partial charge is 0.339 e. The number of hydrogen-bond donors (Lipinski definition) is 1. The lowest BCUT2D eigenvalue weighted by Gasteiger charge is -2.03. The van der Waals surface area contributed by atoms with Crippen molar-refractivity contribution < 1.29 is 9.32 Å². The second-order valence-electron chi connectivity index (χ2n) is 6.31. The van der Waals surface area contributed by atoms with Gasteiger partial charge in [-0.05, 0) is 24.3 Å². The smallest absolute Gasteiger partial charge is 0.227 e. The highest BCUT2D eigenvalue weighted by Crippen LogP contribution is 2.29. The molecule has 0 aliphatic heterocycles.